The smallest absolute Gasteiger partial charge is 0.247 e. The zero-order valence-electron chi connectivity index (χ0n) is 10.9. The van der Waals surface area contributed by atoms with Crippen LogP contribution in [0.4, 0.5) is 0 Å². The van der Waals surface area contributed by atoms with Crippen molar-refractivity contribution in [2.75, 3.05) is 19.6 Å². The molecule has 3 aliphatic heterocycles. The van der Waals surface area contributed by atoms with Crippen molar-refractivity contribution in [3.63, 3.8) is 0 Å². The summed E-state index contributed by atoms with van der Waals surface area (Å²) in [4.78, 5) is 2.86. The average molecular weight is 233 g/mol. The molecule has 1 saturated carbocycles. The lowest BCUT2D eigenvalue weighted by Crippen LogP contribution is -2.61. The molecule has 3 atom stereocenters. The predicted molar refractivity (Wildman–Crippen MR) is 69.4 cm³/mol. The van der Waals surface area contributed by atoms with E-state index in [1.165, 1.54) is 71.0 Å². The van der Waals surface area contributed by atoms with Crippen molar-refractivity contribution < 1.29 is 4.58 Å². The molecule has 4 aliphatic rings. The Bertz CT molecular complexity index is 345. The van der Waals surface area contributed by atoms with E-state index in [1.54, 1.807) is 5.84 Å². The number of fused-ring (bicyclic) bond motifs is 1. The maximum absolute atomic E-state index is 2.86. The summed E-state index contributed by atoms with van der Waals surface area (Å²) in [6, 6.07) is 0.946. The highest BCUT2D eigenvalue weighted by Crippen LogP contribution is 2.41. The van der Waals surface area contributed by atoms with Crippen molar-refractivity contribution in [1.29, 1.82) is 0 Å². The van der Waals surface area contributed by atoms with Gasteiger partial charge >= 0.3 is 0 Å². The molecule has 0 amide bonds. The lowest BCUT2D eigenvalue weighted by atomic mass is 9.71. The first-order valence-corrected chi connectivity index (χ1v) is 7.81. The van der Waals surface area contributed by atoms with Crippen molar-refractivity contribution in [3.8, 4) is 0 Å². The van der Waals surface area contributed by atoms with Crippen LogP contribution < -0.4 is 0 Å². The van der Waals surface area contributed by atoms with Crippen LogP contribution >= 0.6 is 0 Å². The van der Waals surface area contributed by atoms with Crippen LogP contribution in [0.15, 0.2) is 0 Å². The van der Waals surface area contributed by atoms with E-state index in [0.29, 0.717) is 0 Å². The van der Waals surface area contributed by atoms with Gasteiger partial charge in [0.05, 0.1) is 19.6 Å². The quantitative estimate of drug-likeness (QED) is 0.583. The Morgan fingerprint density at radius 1 is 0.941 bits per heavy atom. The van der Waals surface area contributed by atoms with E-state index in [1.807, 2.05) is 0 Å². The fourth-order valence-electron chi connectivity index (χ4n) is 5.04. The van der Waals surface area contributed by atoms with E-state index in [4.69, 9.17) is 0 Å². The molecular formula is C15H25N2+. The van der Waals surface area contributed by atoms with Crippen LogP contribution in [-0.4, -0.2) is 41.0 Å². The summed E-state index contributed by atoms with van der Waals surface area (Å²) in [5, 5.41) is 0. The summed E-state index contributed by atoms with van der Waals surface area (Å²) < 4.78 is 2.75. The van der Waals surface area contributed by atoms with Crippen LogP contribution in [0.25, 0.3) is 0 Å². The summed E-state index contributed by atoms with van der Waals surface area (Å²) >= 11 is 0. The van der Waals surface area contributed by atoms with Gasteiger partial charge in [-0.3, -0.25) is 9.48 Å². The van der Waals surface area contributed by atoms with Gasteiger partial charge in [-0.2, -0.15) is 0 Å². The number of hydrogen-bond acceptors (Lipinski definition) is 1. The maximum atomic E-state index is 2.86. The van der Waals surface area contributed by atoms with Gasteiger partial charge in [-0.05, 0) is 44.4 Å². The van der Waals surface area contributed by atoms with Gasteiger partial charge in [-0.25, -0.2) is 0 Å². The first kappa shape index (κ1) is 10.4. The van der Waals surface area contributed by atoms with Crippen LogP contribution in [-0.2, 0) is 0 Å². The molecule has 4 rings (SSSR count). The first-order valence-electron chi connectivity index (χ1n) is 7.81. The van der Waals surface area contributed by atoms with E-state index in [9.17, 15) is 0 Å². The van der Waals surface area contributed by atoms with E-state index >= 15 is 0 Å². The number of nitrogens with zero attached hydrogens (tertiary/aromatic N) is 2. The topological polar surface area (TPSA) is 6.25 Å². The van der Waals surface area contributed by atoms with Crippen LogP contribution in [0.5, 0.6) is 0 Å². The monoisotopic (exact) mass is 233 g/mol. The molecule has 94 valence electrons. The first-order chi connectivity index (χ1) is 8.43. The van der Waals surface area contributed by atoms with Crippen molar-refractivity contribution in [2.45, 2.75) is 57.4 Å². The van der Waals surface area contributed by atoms with Gasteiger partial charge in [-0.1, -0.05) is 6.42 Å². The van der Waals surface area contributed by atoms with Crippen molar-refractivity contribution in [1.82, 2.24) is 4.90 Å². The molecular weight excluding hydrogens is 208 g/mol. The van der Waals surface area contributed by atoms with Crippen molar-refractivity contribution in [2.24, 2.45) is 11.8 Å². The fraction of sp³-hybridized carbons (Fsp3) is 0.933. The fourth-order valence-corrected chi connectivity index (χ4v) is 5.04. The third kappa shape index (κ3) is 1.56. The number of amidine groups is 1. The third-order valence-corrected chi connectivity index (χ3v) is 5.68. The second kappa shape index (κ2) is 4.00. The Kier molecular flexibility index (Phi) is 2.44. The standard InChI is InChI=1S/C15H25N2/c1-2-9-16-11-13-6-3-5-12-7-4-10-17(15(12)13)14(16)8-1/h12-13,15H,1-11H2/q+1/t12-,13-,15+/m0/s1. The number of hydrogen-bond donors (Lipinski definition) is 0. The summed E-state index contributed by atoms with van der Waals surface area (Å²) in [7, 11) is 0. The SMILES string of the molecule is C1CC[N+]2=C(C1)N1CCC[C@@H]3CCC[C@@H](C2)[C@@H]31. The zero-order valence-corrected chi connectivity index (χ0v) is 10.9. The molecule has 1 aliphatic carbocycles. The average Bonchev–Trinajstić information content (AvgIpc) is 2.39. The highest BCUT2D eigenvalue weighted by atomic mass is 15.3. The van der Waals surface area contributed by atoms with Crippen LogP contribution in [0, 0.1) is 11.8 Å². The molecule has 0 radical (unpaired) electrons. The largest absolute Gasteiger partial charge is 0.265 e. The molecule has 17 heavy (non-hydrogen) atoms. The molecule has 3 heterocycles. The maximum Gasteiger partial charge on any atom is 0.247 e. The molecule has 0 aromatic heterocycles. The predicted octanol–water partition coefficient (Wildman–Crippen LogP) is 2.48. The minimum atomic E-state index is 0.946. The van der Waals surface area contributed by atoms with E-state index in [-0.39, 0.29) is 0 Å². The van der Waals surface area contributed by atoms with Gasteiger partial charge in [0.1, 0.15) is 6.04 Å². The van der Waals surface area contributed by atoms with Crippen LogP contribution in [0.1, 0.15) is 51.4 Å². The van der Waals surface area contributed by atoms with Crippen molar-refractivity contribution >= 4 is 5.84 Å². The molecule has 1 saturated heterocycles. The molecule has 0 aromatic rings. The minimum absolute atomic E-state index is 0.946. The Morgan fingerprint density at radius 3 is 2.82 bits per heavy atom. The normalized spacial score (nSPS) is 40.9. The molecule has 2 heteroatoms. The molecule has 0 aromatic carbocycles. The second-order valence-electron chi connectivity index (χ2n) is 6.60. The van der Waals surface area contributed by atoms with Gasteiger partial charge in [0.15, 0.2) is 0 Å². The summed E-state index contributed by atoms with van der Waals surface area (Å²) in [5.74, 6) is 3.78. The minimum Gasteiger partial charge on any atom is -0.265 e. The Hall–Kier alpha value is -0.530. The second-order valence-corrected chi connectivity index (χ2v) is 6.60. The van der Waals surface area contributed by atoms with Gasteiger partial charge < -0.3 is 0 Å². The van der Waals surface area contributed by atoms with Gasteiger partial charge in [-0.15, -0.1) is 0 Å². The highest BCUT2D eigenvalue weighted by molar-refractivity contribution is 5.78. The Labute approximate surface area is 105 Å². The van der Waals surface area contributed by atoms with Crippen LogP contribution in [0.3, 0.4) is 0 Å². The van der Waals surface area contributed by atoms with E-state index < -0.39 is 0 Å². The van der Waals surface area contributed by atoms with E-state index in [0.717, 1.165) is 17.9 Å². The Balaban J connectivity index is 1.72. The number of rotatable bonds is 0. The number of piperidine rings is 1. The van der Waals surface area contributed by atoms with E-state index in [2.05, 4.69) is 9.48 Å². The zero-order chi connectivity index (χ0) is 11.2. The highest BCUT2D eigenvalue weighted by Gasteiger charge is 2.49. The summed E-state index contributed by atoms with van der Waals surface area (Å²) in [6.45, 7) is 4.11. The molecule has 0 spiro atoms. The third-order valence-electron chi connectivity index (χ3n) is 5.68. The molecule has 0 N–H and O–H groups in total. The van der Waals surface area contributed by atoms with Crippen molar-refractivity contribution in [3.05, 3.63) is 0 Å². The van der Waals surface area contributed by atoms with Gasteiger partial charge in [0.25, 0.3) is 0 Å². The summed E-state index contributed by atoms with van der Waals surface area (Å²) in [5.41, 5.74) is 0. The Morgan fingerprint density at radius 2 is 1.82 bits per heavy atom. The molecule has 2 fully saturated rings. The molecule has 0 bridgehead atoms. The molecule has 2 nitrogen and oxygen atoms in total. The van der Waals surface area contributed by atoms with Crippen LogP contribution in [0.2, 0.25) is 0 Å². The van der Waals surface area contributed by atoms with Gasteiger partial charge in [0, 0.05) is 12.3 Å². The summed E-state index contributed by atoms with van der Waals surface area (Å²) in [6.07, 6.45) is 11.7. The lowest BCUT2D eigenvalue weighted by Gasteiger charge is -2.49. The van der Waals surface area contributed by atoms with Gasteiger partial charge in [0.2, 0.25) is 5.84 Å². The molecule has 0 unspecified atom stereocenters. The lowest BCUT2D eigenvalue weighted by molar-refractivity contribution is -0.556.